The number of phenolic OH excluding ortho intramolecular Hbond substituents is 1. The first-order chi connectivity index (χ1) is 19.8. The van der Waals surface area contributed by atoms with Crippen molar-refractivity contribution in [3.63, 3.8) is 0 Å². The van der Waals surface area contributed by atoms with Crippen molar-refractivity contribution in [3.8, 4) is 5.75 Å². The molecule has 1 aliphatic rings. The molecule has 0 bridgehead atoms. The average molecular weight is 622 g/mol. The molecule has 9 nitrogen and oxygen atoms in total. The van der Waals surface area contributed by atoms with Crippen LogP contribution in [0.15, 0.2) is 24.3 Å². The Morgan fingerprint density at radius 3 is 1.93 bits per heavy atom. The molecule has 1 aromatic carbocycles. The summed E-state index contributed by atoms with van der Waals surface area (Å²) in [4.78, 5) is 51.2. The van der Waals surface area contributed by atoms with Crippen LogP contribution >= 0.6 is 0 Å². The molecule has 1 heterocycles. The van der Waals surface area contributed by atoms with Crippen LogP contribution in [0.5, 0.6) is 5.75 Å². The van der Waals surface area contributed by atoms with Crippen LogP contribution in [-0.2, 0) is 25.6 Å². The Hall–Kier alpha value is -1.10. The zero-order valence-electron chi connectivity index (χ0n) is 24.9. The third-order valence-electron chi connectivity index (χ3n) is 7.80. The minimum atomic E-state index is -1.20. The second-order valence-electron chi connectivity index (χ2n) is 11.3. The minimum absolute atomic E-state index is 0. The molecule has 4 N–H and O–H groups in total. The Morgan fingerprint density at radius 1 is 0.860 bits per heavy atom. The number of nitrogens with one attached hydrogen (secondary N) is 2. The molecule has 0 unspecified atom stereocenters. The van der Waals surface area contributed by atoms with Crippen molar-refractivity contribution in [1.82, 2.24) is 15.5 Å². The van der Waals surface area contributed by atoms with E-state index in [2.05, 4.69) is 17.6 Å². The fourth-order valence-corrected chi connectivity index (χ4v) is 5.37. The van der Waals surface area contributed by atoms with Crippen LogP contribution in [0.2, 0.25) is 0 Å². The first-order valence-corrected chi connectivity index (χ1v) is 15.7. The van der Waals surface area contributed by atoms with Crippen LogP contribution in [0.1, 0.15) is 115 Å². The van der Waals surface area contributed by atoms with Crippen molar-refractivity contribution in [2.24, 2.45) is 0 Å². The van der Waals surface area contributed by atoms with Gasteiger partial charge in [0.25, 0.3) is 0 Å². The number of amides is 3. The van der Waals surface area contributed by atoms with Crippen LogP contribution in [0.3, 0.4) is 0 Å². The fourth-order valence-electron chi connectivity index (χ4n) is 5.37. The molecule has 1 saturated heterocycles. The number of phenols is 1. The predicted octanol–water partition coefficient (Wildman–Crippen LogP) is 3.80. The maximum absolute atomic E-state index is 12.8. The van der Waals surface area contributed by atoms with E-state index in [1.165, 1.54) is 76.3 Å². The number of carbonyl (C=O) groups is 4. The summed E-state index contributed by atoms with van der Waals surface area (Å²) in [7, 11) is 0. The molecule has 1 aliphatic heterocycles. The van der Waals surface area contributed by atoms with Gasteiger partial charge in [0.2, 0.25) is 17.7 Å². The van der Waals surface area contributed by atoms with Gasteiger partial charge in [-0.3, -0.25) is 14.4 Å². The fraction of sp³-hybridized carbons (Fsp3) is 0.688. The van der Waals surface area contributed by atoms with E-state index in [4.69, 9.17) is 0 Å². The van der Waals surface area contributed by atoms with Gasteiger partial charge in [-0.2, -0.15) is 0 Å². The van der Waals surface area contributed by atoms with Crippen molar-refractivity contribution in [2.45, 2.75) is 128 Å². The van der Waals surface area contributed by atoms with Crippen LogP contribution in [0.25, 0.3) is 0 Å². The zero-order chi connectivity index (χ0) is 29.9. The summed E-state index contributed by atoms with van der Waals surface area (Å²) >= 11 is 0. The molecule has 1 fully saturated rings. The number of unbranched alkanes of at least 4 members (excludes halogenated alkanes) is 12. The number of aromatic hydroxyl groups is 1. The first-order valence-electron chi connectivity index (χ1n) is 15.7. The van der Waals surface area contributed by atoms with Gasteiger partial charge in [0.15, 0.2) is 0 Å². The van der Waals surface area contributed by atoms with Gasteiger partial charge in [0.1, 0.15) is 17.8 Å². The molecular formula is C32H53N3Na2O6. The number of likely N-dealkylation sites (tertiary alicyclic amines) is 1. The Labute approximate surface area is 302 Å². The molecule has 0 radical (unpaired) electrons. The van der Waals surface area contributed by atoms with Crippen LogP contribution < -0.4 is 10.6 Å². The number of carboxylic acids is 1. The number of hydrogen-bond donors (Lipinski definition) is 4. The van der Waals surface area contributed by atoms with Crippen molar-refractivity contribution in [3.05, 3.63) is 29.8 Å². The summed E-state index contributed by atoms with van der Waals surface area (Å²) in [6, 6.07) is 4.30. The predicted molar refractivity (Wildman–Crippen MR) is 174 cm³/mol. The molecule has 0 aliphatic carbocycles. The number of benzene rings is 1. The molecule has 0 spiro atoms. The van der Waals surface area contributed by atoms with Crippen molar-refractivity contribution < 1.29 is 29.4 Å². The van der Waals surface area contributed by atoms with E-state index in [-0.39, 0.29) is 89.6 Å². The van der Waals surface area contributed by atoms with Gasteiger partial charge >= 0.3 is 65.1 Å². The van der Waals surface area contributed by atoms with E-state index in [1.807, 2.05) is 0 Å². The molecule has 1 aromatic rings. The van der Waals surface area contributed by atoms with Gasteiger partial charge in [0, 0.05) is 19.4 Å². The molecule has 2 atom stereocenters. The molecule has 43 heavy (non-hydrogen) atoms. The number of carboxylic acid groups (broad SMARTS) is 1. The number of hydrogen-bond acceptors (Lipinski definition) is 5. The van der Waals surface area contributed by atoms with Gasteiger partial charge in [-0.05, 0) is 37.0 Å². The Kier molecular flexibility index (Phi) is 24.5. The maximum atomic E-state index is 12.8. The van der Waals surface area contributed by atoms with E-state index < -0.39 is 24.0 Å². The van der Waals surface area contributed by atoms with Crippen LogP contribution in [0, 0.1) is 0 Å². The van der Waals surface area contributed by atoms with Crippen molar-refractivity contribution >= 4 is 82.8 Å². The second kappa shape index (κ2) is 25.1. The molecule has 234 valence electrons. The molecule has 0 aromatic heterocycles. The van der Waals surface area contributed by atoms with Gasteiger partial charge in [0.05, 0.1) is 6.54 Å². The number of rotatable bonds is 21. The van der Waals surface area contributed by atoms with E-state index in [0.29, 0.717) is 24.9 Å². The average Bonchev–Trinajstić information content (AvgIpc) is 3.45. The Balaban J connectivity index is 0.00000882. The Morgan fingerprint density at radius 2 is 1.40 bits per heavy atom. The van der Waals surface area contributed by atoms with Crippen LogP contribution in [-0.4, -0.2) is 123 Å². The second-order valence-corrected chi connectivity index (χ2v) is 11.3. The topological polar surface area (TPSA) is 136 Å². The molecule has 2 rings (SSSR count). The van der Waals surface area contributed by atoms with Crippen molar-refractivity contribution in [2.75, 3.05) is 13.1 Å². The molecule has 0 saturated carbocycles. The van der Waals surface area contributed by atoms with Gasteiger partial charge in [-0.15, -0.1) is 0 Å². The number of carbonyl (C=O) groups excluding carboxylic acids is 3. The third-order valence-corrected chi connectivity index (χ3v) is 7.80. The first kappa shape index (κ1) is 41.9. The Bertz CT molecular complexity index is 948. The third kappa shape index (κ3) is 17.8. The summed E-state index contributed by atoms with van der Waals surface area (Å²) < 4.78 is 0. The SMILES string of the molecule is CCCCCCCCCCCCCCCC(=O)N1CCC[C@H]1C(=O)NCC(=O)N[C@@H](Cc1ccc(O)cc1)C(=O)O.[NaH].[NaH]. The summed E-state index contributed by atoms with van der Waals surface area (Å²) in [6.07, 6.45) is 17.9. The van der Waals surface area contributed by atoms with E-state index in [9.17, 15) is 29.4 Å². The quantitative estimate of drug-likeness (QED) is 0.122. The summed E-state index contributed by atoms with van der Waals surface area (Å²) in [6.45, 7) is 2.42. The number of nitrogens with zero attached hydrogens (tertiary/aromatic N) is 1. The summed E-state index contributed by atoms with van der Waals surface area (Å²) in [5, 5.41) is 23.9. The standard InChI is InChI=1S/C32H51N3O6.2Na.2H/c1-2-3-4-5-6-7-8-9-10-11-12-13-14-17-30(38)35-22-15-16-28(35)31(39)33-24-29(37)34-27(32(40)41)23-25-18-20-26(36)21-19-25;;;;/h18-21,27-28,36H,2-17,22-24H2,1H3,(H,33,39)(H,34,37)(H,40,41);;;;/t27-,28-;;;;/m0..../s1. The summed E-state index contributed by atoms with van der Waals surface area (Å²) in [5.74, 6) is -2.15. The molecule has 3 amide bonds. The molecular weight excluding hydrogens is 568 g/mol. The van der Waals surface area contributed by atoms with Crippen LogP contribution in [0.4, 0.5) is 0 Å². The van der Waals surface area contributed by atoms with Crippen molar-refractivity contribution in [1.29, 1.82) is 0 Å². The van der Waals surface area contributed by atoms with E-state index in [0.717, 1.165) is 25.7 Å². The molecule has 11 heteroatoms. The van der Waals surface area contributed by atoms with Gasteiger partial charge in [-0.25, -0.2) is 4.79 Å². The number of aliphatic carboxylic acids is 1. The summed E-state index contributed by atoms with van der Waals surface area (Å²) in [5.41, 5.74) is 0.642. The zero-order valence-corrected chi connectivity index (χ0v) is 24.9. The van der Waals surface area contributed by atoms with E-state index in [1.54, 1.807) is 17.0 Å². The van der Waals surface area contributed by atoms with E-state index >= 15 is 0 Å². The van der Waals surface area contributed by atoms with Gasteiger partial charge in [-0.1, -0.05) is 96.1 Å². The normalized spacial score (nSPS) is 14.7. The monoisotopic (exact) mass is 621 g/mol. The van der Waals surface area contributed by atoms with Gasteiger partial charge < -0.3 is 25.7 Å².